The molecule has 1 fully saturated rings. The lowest BCUT2D eigenvalue weighted by Crippen LogP contribution is -2.32. The molecule has 1 heterocycles. The van der Waals surface area contributed by atoms with Gasteiger partial charge in [-0.2, -0.15) is 11.8 Å². The van der Waals surface area contributed by atoms with Crippen molar-refractivity contribution in [1.29, 1.82) is 0 Å². The molecule has 7 heteroatoms. The van der Waals surface area contributed by atoms with E-state index in [-0.39, 0.29) is 12.6 Å². The number of rotatable bonds is 5. The normalized spacial score (nSPS) is 24.6. The zero-order valence-corrected chi connectivity index (χ0v) is 12.6. The molecule has 2 N–H and O–H groups in total. The summed E-state index contributed by atoms with van der Waals surface area (Å²) in [6, 6.07) is 1.58. The van der Waals surface area contributed by atoms with Crippen molar-refractivity contribution in [2.75, 3.05) is 6.26 Å². The van der Waals surface area contributed by atoms with Gasteiger partial charge in [-0.15, -0.1) is 11.3 Å². The number of nitrogens with one attached hydrogen (secondary N) is 1. The van der Waals surface area contributed by atoms with Crippen LogP contribution in [0.3, 0.4) is 0 Å². The van der Waals surface area contributed by atoms with Gasteiger partial charge in [-0.3, -0.25) is 0 Å². The van der Waals surface area contributed by atoms with Crippen LogP contribution in [-0.2, 0) is 16.6 Å². The van der Waals surface area contributed by atoms with Crippen LogP contribution in [-0.4, -0.2) is 31.1 Å². The fraction of sp³-hybridized carbons (Fsp3) is 0.636. The van der Waals surface area contributed by atoms with E-state index < -0.39 is 10.0 Å². The van der Waals surface area contributed by atoms with E-state index in [0.29, 0.717) is 15.0 Å². The Morgan fingerprint density at radius 2 is 2.33 bits per heavy atom. The molecule has 2 unspecified atom stereocenters. The molecule has 4 nitrogen and oxygen atoms in total. The molecule has 1 aliphatic rings. The van der Waals surface area contributed by atoms with Crippen molar-refractivity contribution in [1.82, 2.24) is 4.72 Å². The minimum absolute atomic E-state index is 0.0483. The lowest BCUT2D eigenvalue weighted by Gasteiger charge is -2.12. The van der Waals surface area contributed by atoms with E-state index >= 15 is 0 Å². The Labute approximate surface area is 116 Å². The van der Waals surface area contributed by atoms with E-state index in [1.165, 1.54) is 6.07 Å². The SMILES string of the molecule is CSC1CCC(NS(=O)(=O)c2cc(CO)cs2)C1. The highest BCUT2D eigenvalue weighted by molar-refractivity contribution is 7.99. The molecule has 102 valence electrons. The van der Waals surface area contributed by atoms with Crippen LogP contribution in [0, 0.1) is 0 Å². The van der Waals surface area contributed by atoms with Gasteiger partial charge in [-0.05, 0) is 42.5 Å². The van der Waals surface area contributed by atoms with Gasteiger partial charge in [0.05, 0.1) is 6.61 Å². The number of aliphatic hydroxyl groups excluding tert-OH is 1. The second kappa shape index (κ2) is 5.92. The molecule has 2 rings (SSSR count). The first-order valence-electron chi connectivity index (χ1n) is 5.78. The zero-order chi connectivity index (χ0) is 13.2. The maximum atomic E-state index is 12.1. The molecule has 1 aromatic rings. The van der Waals surface area contributed by atoms with E-state index in [1.54, 1.807) is 17.1 Å². The molecule has 18 heavy (non-hydrogen) atoms. The van der Waals surface area contributed by atoms with Gasteiger partial charge >= 0.3 is 0 Å². The number of hydrogen-bond acceptors (Lipinski definition) is 5. The summed E-state index contributed by atoms with van der Waals surface area (Å²) in [5, 5.41) is 11.2. The highest BCUT2D eigenvalue weighted by atomic mass is 32.2. The van der Waals surface area contributed by atoms with Gasteiger partial charge in [-0.25, -0.2) is 13.1 Å². The van der Waals surface area contributed by atoms with Crippen molar-refractivity contribution < 1.29 is 13.5 Å². The average Bonchev–Trinajstić information content (AvgIpc) is 2.96. The Balaban J connectivity index is 2.03. The van der Waals surface area contributed by atoms with Gasteiger partial charge in [0.25, 0.3) is 0 Å². The summed E-state index contributed by atoms with van der Waals surface area (Å²) in [7, 11) is -3.42. The predicted molar refractivity (Wildman–Crippen MR) is 75.5 cm³/mol. The Kier molecular flexibility index (Phi) is 4.71. The first-order valence-corrected chi connectivity index (χ1v) is 9.43. The monoisotopic (exact) mass is 307 g/mol. The molecule has 0 spiro atoms. The van der Waals surface area contributed by atoms with E-state index in [2.05, 4.69) is 11.0 Å². The third kappa shape index (κ3) is 3.27. The largest absolute Gasteiger partial charge is 0.392 e. The summed E-state index contributed by atoms with van der Waals surface area (Å²) in [6.45, 7) is -0.121. The topological polar surface area (TPSA) is 66.4 Å². The summed E-state index contributed by atoms with van der Waals surface area (Å²) in [4.78, 5) is 0. The molecule has 0 amide bonds. The standard InChI is InChI=1S/C11H17NO3S3/c1-16-10-3-2-9(5-10)12-18(14,15)11-4-8(6-13)7-17-11/h4,7,9-10,12-13H,2-3,5-6H2,1H3. The van der Waals surface area contributed by atoms with Crippen LogP contribution in [0.1, 0.15) is 24.8 Å². The van der Waals surface area contributed by atoms with Gasteiger partial charge in [0.15, 0.2) is 0 Å². The number of aliphatic hydroxyl groups is 1. The Morgan fingerprint density at radius 3 is 2.89 bits per heavy atom. The van der Waals surface area contributed by atoms with Gasteiger partial charge in [0.2, 0.25) is 10.0 Å². The van der Waals surface area contributed by atoms with Gasteiger partial charge in [-0.1, -0.05) is 0 Å². The minimum atomic E-state index is -3.42. The molecule has 0 radical (unpaired) electrons. The molecule has 1 aromatic heterocycles. The van der Waals surface area contributed by atoms with Gasteiger partial charge < -0.3 is 5.11 Å². The fourth-order valence-electron chi connectivity index (χ4n) is 2.12. The third-order valence-corrected chi connectivity index (χ3v) is 7.22. The van der Waals surface area contributed by atoms with Crippen LogP contribution in [0.25, 0.3) is 0 Å². The van der Waals surface area contributed by atoms with Crippen molar-refractivity contribution in [3.8, 4) is 0 Å². The lowest BCUT2D eigenvalue weighted by atomic mass is 10.3. The predicted octanol–water partition coefficient (Wildman–Crippen LogP) is 1.80. The molecule has 2 atom stereocenters. The van der Waals surface area contributed by atoms with Crippen LogP contribution < -0.4 is 4.72 Å². The van der Waals surface area contributed by atoms with Crippen molar-refractivity contribution >= 4 is 33.1 Å². The Morgan fingerprint density at radius 1 is 1.56 bits per heavy atom. The summed E-state index contributed by atoms with van der Waals surface area (Å²) in [5.74, 6) is 0. The van der Waals surface area contributed by atoms with Crippen molar-refractivity contribution in [2.24, 2.45) is 0 Å². The summed E-state index contributed by atoms with van der Waals surface area (Å²) in [5.41, 5.74) is 0.647. The smallest absolute Gasteiger partial charge is 0.250 e. The zero-order valence-electron chi connectivity index (χ0n) is 10.1. The number of thioether (sulfide) groups is 1. The molecule has 1 aliphatic carbocycles. The lowest BCUT2D eigenvalue weighted by molar-refractivity contribution is 0.282. The highest BCUT2D eigenvalue weighted by Crippen LogP contribution is 2.29. The van der Waals surface area contributed by atoms with Crippen molar-refractivity contribution in [3.05, 3.63) is 17.0 Å². The average molecular weight is 307 g/mol. The Hall–Kier alpha value is -0.0800. The number of sulfonamides is 1. The first kappa shape index (κ1) is 14.3. The third-order valence-electron chi connectivity index (χ3n) is 3.12. The van der Waals surface area contributed by atoms with E-state index in [9.17, 15) is 8.42 Å². The molecule has 0 saturated heterocycles. The molecule has 0 bridgehead atoms. The van der Waals surface area contributed by atoms with Crippen LogP contribution in [0.2, 0.25) is 0 Å². The van der Waals surface area contributed by atoms with Gasteiger partial charge in [0, 0.05) is 11.3 Å². The molecular formula is C11H17NO3S3. The first-order chi connectivity index (χ1) is 8.55. The summed E-state index contributed by atoms with van der Waals surface area (Å²) in [6.07, 6.45) is 4.94. The Bertz CT molecular complexity index is 497. The number of thiophene rings is 1. The van der Waals surface area contributed by atoms with Crippen molar-refractivity contribution in [3.63, 3.8) is 0 Å². The quantitative estimate of drug-likeness (QED) is 0.870. The molecular weight excluding hydrogens is 290 g/mol. The van der Waals surface area contributed by atoms with Gasteiger partial charge in [0.1, 0.15) is 4.21 Å². The molecule has 0 aromatic carbocycles. The van der Waals surface area contributed by atoms with E-state index in [4.69, 9.17) is 5.11 Å². The summed E-state index contributed by atoms with van der Waals surface area (Å²) < 4.78 is 27.3. The van der Waals surface area contributed by atoms with E-state index in [1.807, 2.05) is 0 Å². The second-order valence-electron chi connectivity index (χ2n) is 4.42. The fourth-order valence-corrected chi connectivity index (χ4v) is 5.41. The van der Waals surface area contributed by atoms with Crippen LogP contribution in [0.5, 0.6) is 0 Å². The number of hydrogen-bond donors (Lipinski definition) is 2. The minimum Gasteiger partial charge on any atom is -0.392 e. The van der Waals surface area contributed by atoms with E-state index in [0.717, 1.165) is 30.6 Å². The van der Waals surface area contributed by atoms with Crippen LogP contribution >= 0.6 is 23.1 Å². The highest BCUT2D eigenvalue weighted by Gasteiger charge is 2.28. The maximum Gasteiger partial charge on any atom is 0.250 e. The second-order valence-corrected chi connectivity index (χ2v) is 8.41. The van der Waals surface area contributed by atoms with Crippen LogP contribution in [0.4, 0.5) is 0 Å². The molecule has 1 saturated carbocycles. The molecule has 0 aliphatic heterocycles. The summed E-state index contributed by atoms with van der Waals surface area (Å²) >= 11 is 2.96. The van der Waals surface area contributed by atoms with Crippen LogP contribution in [0.15, 0.2) is 15.7 Å². The maximum absolute atomic E-state index is 12.1. The van der Waals surface area contributed by atoms with Crippen molar-refractivity contribution in [2.45, 2.75) is 41.4 Å².